The molecule has 2 atom stereocenters. The number of nitrogens with zero attached hydrogens (tertiary/aromatic N) is 1. The molecule has 0 saturated carbocycles. The number of methoxy groups -OCH3 is 1. The standard InChI is InChI=1S/C29H29NO2/c1-18(2)16-29(17-19(3)28(31)32-4)24-14-21-10-6-5-9-20(21)13-23(24)27-25(29)15-22-11-7-8-12-26(22)30-27/h5-15,18-19H,16-17H2,1-4H3/t19-,29?/m0/s1. The zero-order valence-electron chi connectivity index (χ0n) is 19.2. The van der Waals surface area contributed by atoms with Gasteiger partial charge in [-0.2, -0.15) is 0 Å². The molecule has 0 spiro atoms. The number of para-hydroxylation sites is 1. The summed E-state index contributed by atoms with van der Waals surface area (Å²) in [6.45, 7) is 6.51. The smallest absolute Gasteiger partial charge is 0.308 e. The Labute approximate surface area is 189 Å². The monoisotopic (exact) mass is 423 g/mol. The number of ether oxygens (including phenoxy) is 1. The van der Waals surface area contributed by atoms with E-state index in [9.17, 15) is 4.79 Å². The van der Waals surface area contributed by atoms with Crippen molar-refractivity contribution in [3.05, 3.63) is 77.9 Å². The fourth-order valence-electron chi connectivity index (χ4n) is 5.69. The number of fused-ring (bicyclic) bond motifs is 5. The maximum absolute atomic E-state index is 12.5. The Bertz CT molecular complexity index is 1250. The molecule has 1 aliphatic rings. The van der Waals surface area contributed by atoms with E-state index in [1.54, 1.807) is 0 Å². The highest BCUT2D eigenvalue weighted by Gasteiger charge is 2.46. The van der Waals surface area contributed by atoms with E-state index in [2.05, 4.69) is 74.5 Å². The minimum absolute atomic E-state index is 0.155. The van der Waals surface area contributed by atoms with E-state index in [0.717, 1.165) is 23.0 Å². The van der Waals surface area contributed by atoms with Gasteiger partial charge in [-0.15, -0.1) is 0 Å². The van der Waals surface area contributed by atoms with Crippen molar-refractivity contribution in [2.45, 2.75) is 39.0 Å². The Morgan fingerprint density at radius 3 is 2.19 bits per heavy atom. The molecule has 0 amide bonds. The van der Waals surface area contributed by atoms with Crippen molar-refractivity contribution in [3.8, 4) is 11.3 Å². The van der Waals surface area contributed by atoms with Crippen LogP contribution in [0.15, 0.2) is 66.7 Å². The first-order chi connectivity index (χ1) is 15.4. The van der Waals surface area contributed by atoms with E-state index in [0.29, 0.717) is 12.3 Å². The second-order valence-electron chi connectivity index (χ2n) is 9.63. The lowest BCUT2D eigenvalue weighted by molar-refractivity contribution is -0.145. The third kappa shape index (κ3) is 3.19. The molecule has 1 unspecified atom stereocenters. The summed E-state index contributed by atoms with van der Waals surface area (Å²) in [6.07, 6.45) is 1.66. The predicted octanol–water partition coefficient (Wildman–Crippen LogP) is 6.90. The maximum atomic E-state index is 12.5. The lowest BCUT2D eigenvalue weighted by Gasteiger charge is -2.35. The van der Waals surface area contributed by atoms with Crippen molar-refractivity contribution in [2.24, 2.45) is 11.8 Å². The first kappa shape index (κ1) is 20.7. The van der Waals surface area contributed by atoms with Gasteiger partial charge >= 0.3 is 5.97 Å². The Morgan fingerprint density at radius 1 is 0.875 bits per heavy atom. The van der Waals surface area contributed by atoms with Crippen LogP contribution in [0.5, 0.6) is 0 Å². The lowest BCUT2D eigenvalue weighted by atomic mass is 9.67. The van der Waals surface area contributed by atoms with Gasteiger partial charge in [-0.1, -0.05) is 63.2 Å². The Kier molecular flexibility index (Phi) is 5.00. The molecule has 0 fully saturated rings. The van der Waals surface area contributed by atoms with Crippen LogP contribution in [0.3, 0.4) is 0 Å². The molecule has 1 heterocycles. The average molecular weight is 424 g/mol. The molecule has 0 radical (unpaired) electrons. The molecule has 0 saturated heterocycles. The van der Waals surface area contributed by atoms with Crippen LogP contribution in [0, 0.1) is 11.8 Å². The average Bonchev–Trinajstić information content (AvgIpc) is 3.03. The van der Waals surface area contributed by atoms with Crippen LogP contribution in [-0.2, 0) is 14.9 Å². The summed E-state index contributed by atoms with van der Waals surface area (Å²) >= 11 is 0. The number of carbonyl (C=O) groups is 1. The zero-order valence-corrected chi connectivity index (χ0v) is 19.2. The molecule has 1 aliphatic carbocycles. The number of hydrogen-bond donors (Lipinski definition) is 0. The minimum Gasteiger partial charge on any atom is -0.469 e. The topological polar surface area (TPSA) is 39.2 Å². The van der Waals surface area contributed by atoms with E-state index >= 15 is 0 Å². The summed E-state index contributed by atoms with van der Waals surface area (Å²) in [7, 11) is 1.48. The summed E-state index contributed by atoms with van der Waals surface area (Å²) in [5.74, 6) is 0.0877. The molecule has 1 aromatic heterocycles. The van der Waals surface area contributed by atoms with E-state index < -0.39 is 0 Å². The molecule has 4 aromatic rings. The van der Waals surface area contributed by atoms with Gasteiger partial charge in [-0.05, 0) is 64.9 Å². The Morgan fingerprint density at radius 2 is 1.50 bits per heavy atom. The van der Waals surface area contributed by atoms with Gasteiger partial charge in [-0.25, -0.2) is 4.98 Å². The van der Waals surface area contributed by atoms with Crippen LogP contribution in [0.1, 0.15) is 44.7 Å². The first-order valence-corrected chi connectivity index (χ1v) is 11.4. The van der Waals surface area contributed by atoms with Gasteiger partial charge in [-0.3, -0.25) is 4.79 Å². The van der Waals surface area contributed by atoms with Crippen molar-refractivity contribution >= 4 is 27.6 Å². The molecular weight excluding hydrogens is 394 g/mol. The van der Waals surface area contributed by atoms with Gasteiger partial charge in [0.15, 0.2) is 0 Å². The van der Waals surface area contributed by atoms with Crippen molar-refractivity contribution in [3.63, 3.8) is 0 Å². The van der Waals surface area contributed by atoms with Crippen molar-refractivity contribution in [2.75, 3.05) is 7.11 Å². The van der Waals surface area contributed by atoms with Crippen LogP contribution < -0.4 is 0 Å². The van der Waals surface area contributed by atoms with E-state index in [4.69, 9.17) is 9.72 Å². The molecule has 5 rings (SSSR count). The summed E-state index contributed by atoms with van der Waals surface area (Å²) in [6, 6.07) is 23.8. The summed E-state index contributed by atoms with van der Waals surface area (Å²) in [5, 5.41) is 3.58. The Balaban J connectivity index is 1.85. The molecule has 0 bridgehead atoms. The fraction of sp³-hybridized carbons (Fsp3) is 0.310. The van der Waals surface area contributed by atoms with Gasteiger partial charge in [0.1, 0.15) is 0 Å². The molecular formula is C29H29NO2. The van der Waals surface area contributed by atoms with Gasteiger partial charge in [0.25, 0.3) is 0 Å². The highest BCUT2D eigenvalue weighted by atomic mass is 16.5. The molecule has 0 aliphatic heterocycles. The van der Waals surface area contributed by atoms with E-state index in [-0.39, 0.29) is 17.3 Å². The number of carbonyl (C=O) groups excluding carboxylic acids is 1. The molecule has 3 aromatic carbocycles. The second kappa shape index (κ2) is 7.74. The van der Waals surface area contributed by atoms with Crippen molar-refractivity contribution in [1.82, 2.24) is 4.98 Å². The number of esters is 1. The zero-order chi connectivity index (χ0) is 22.5. The molecule has 162 valence electrons. The third-order valence-electron chi connectivity index (χ3n) is 6.91. The lowest BCUT2D eigenvalue weighted by Crippen LogP contribution is -2.32. The third-order valence-corrected chi connectivity index (χ3v) is 6.91. The van der Waals surface area contributed by atoms with Gasteiger partial charge in [0.05, 0.1) is 24.2 Å². The van der Waals surface area contributed by atoms with Crippen LogP contribution in [0.4, 0.5) is 0 Å². The predicted molar refractivity (Wildman–Crippen MR) is 131 cm³/mol. The van der Waals surface area contributed by atoms with Crippen molar-refractivity contribution < 1.29 is 9.53 Å². The normalized spacial score (nSPS) is 18.0. The minimum atomic E-state index is -0.284. The quantitative estimate of drug-likeness (QED) is 0.328. The molecule has 0 N–H and O–H groups in total. The number of pyridine rings is 1. The molecule has 32 heavy (non-hydrogen) atoms. The van der Waals surface area contributed by atoms with Gasteiger partial charge in [0.2, 0.25) is 0 Å². The summed E-state index contributed by atoms with van der Waals surface area (Å²) in [5.41, 5.74) is 5.51. The second-order valence-corrected chi connectivity index (χ2v) is 9.63. The first-order valence-electron chi connectivity index (χ1n) is 11.4. The maximum Gasteiger partial charge on any atom is 0.308 e. The number of hydrogen-bond acceptors (Lipinski definition) is 3. The van der Waals surface area contributed by atoms with Crippen LogP contribution in [0.2, 0.25) is 0 Å². The molecule has 3 nitrogen and oxygen atoms in total. The fourth-order valence-corrected chi connectivity index (χ4v) is 5.69. The van der Waals surface area contributed by atoms with Crippen LogP contribution in [-0.4, -0.2) is 18.1 Å². The summed E-state index contributed by atoms with van der Waals surface area (Å²) < 4.78 is 5.13. The largest absolute Gasteiger partial charge is 0.469 e. The summed E-state index contributed by atoms with van der Waals surface area (Å²) in [4.78, 5) is 17.7. The molecule has 3 heteroatoms. The SMILES string of the molecule is COC(=O)[C@@H](C)CC1(CC(C)C)c2cc3ccccc3cc2-c2nc3ccccc3cc21. The van der Waals surface area contributed by atoms with Gasteiger partial charge < -0.3 is 4.74 Å². The van der Waals surface area contributed by atoms with Gasteiger partial charge in [0, 0.05) is 16.4 Å². The van der Waals surface area contributed by atoms with Crippen LogP contribution >= 0.6 is 0 Å². The highest BCUT2D eigenvalue weighted by molar-refractivity contribution is 5.95. The van der Waals surface area contributed by atoms with E-state index in [1.165, 1.54) is 34.6 Å². The van der Waals surface area contributed by atoms with E-state index in [1.807, 2.05) is 13.0 Å². The Hall–Kier alpha value is -3.20. The van der Waals surface area contributed by atoms with Crippen molar-refractivity contribution in [1.29, 1.82) is 0 Å². The number of rotatable bonds is 5. The highest BCUT2D eigenvalue weighted by Crippen LogP contribution is 2.55. The van der Waals surface area contributed by atoms with Crippen LogP contribution in [0.25, 0.3) is 32.9 Å². The number of aromatic nitrogens is 1. The number of benzene rings is 3.